The van der Waals surface area contributed by atoms with E-state index >= 15 is 0 Å². The summed E-state index contributed by atoms with van der Waals surface area (Å²) in [6.07, 6.45) is 1.59. The van der Waals surface area contributed by atoms with Crippen LogP contribution in [0.5, 0.6) is 0 Å². The fourth-order valence-electron chi connectivity index (χ4n) is 2.41. The number of sulfonamides is 1. The zero-order valence-corrected chi connectivity index (χ0v) is 13.9. The highest BCUT2D eigenvalue weighted by Crippen LogP contribution is 2.25. The molecule has 0 amide bonds. The molecule has 1 aromatic rings. The van der Waals surface area contributed by atoms with E-state index in [1.54, 1.807) is 0 Å². The number of hydrogen-bond donors (Lipinski definition) is 2. The fourth-order valence-corrected chi connectivity index (χ4v) is 4.27. The molecule has 4 nitrogen and oxygen atoms in total. The quantitative estimate of drug-likeness (QED) is 0.812. The number of nitrogens with one attached hydrogen (secondary N) is 2. The molecule has 5 heteroatoms. The summed E-state index contributed by atoms with van der Waals surface area (Å²) in [5.74, 6) is 0. The first-order valence-corrected chi connectivity index (χ1v) is 8.71. The fraction of sp³-hybridized carbons (Fsp3) is 0.600. The molecule has 0 unspecified atom stereocenters. The molecule has 20 heavy (non-hydrogen) atoms. The SMILES string of the molecule is CCNc1cc(C)c(S(=O)(=O)NC(CC)CC)c(C)c1. The third-order valence-electron chi connectivity index (χ3n) is 3.42. The summed E-state index contributed by atoms with van der Waals surface area (Å²) in [6.45, 7) is 10.5. The van der Waals surface area contributed by atoms with Crippen LogP contribution in [-0.2, 0) is 10.0 Å². The first-order valence-electron chi connectivity index (χ1n) is 7.23. The minimum atomic E-state index is -3.45. The van der Waals surface area contributed by atoms with Crippen LogP contribution in [0, 0.1) is 13.8 Å². The van der Waals surface area contributed by atoms with Gasteiger partial charge in [-0.15, -0.1) is 0 Å². The molecule has 0 atom stereocenters. The van der Waals surface area contributed by atoms with Crippen LogP contribution in [0.25, 0.3) is 0 Å². The molecule has 114 valence electrons. The lowest BCUT2D eigenvalue weighted by atomic mass is 10.1. The normalized spacial score (nSPS) is 11.9. The molecule has 0 aliphatic carbocycles. The molecule has 0 aliphatic heterocycles. The lowest BCUT2D eigenvalue weighted by Gasteiger charge is -2.18. The molecule has 0 aliphatic rings. The zero-order valence-electron chi connectivity index (χ0n) is 13.1. The van der Waals surface area contributed by atoms with Crippen LogP contribution in [0.15, 0.2) is 17.0 Å². The van der Waals surface area contributed by atoms with Crippen LogP contribution in [0.2, 0.25) is 0 Å². The summed E-state index contributed by atoms with van der Waals surface area (Å²) in [5.41, 5.74) is 2.52. The smallest absolute Gasteiger partial charge is 0.241 e. The Balaban J connectivity index is 3.18. The summed E-state index contributed by atoms with van der Waals surface area (Å²) in [6, 6.07) is 3.77. The monoisotopic (exact) mass is 298 g/mol. The van der Waals surface area contributed by atoms with Crippen LogP contribution in [-0.4, -0.2) is 21.0 Å². The van der Waals surface area contributed by atoms with Gasteiger partial charge in [0.2, 0.25) is 10.0 Å². The summed E-state index contributed by atoms with van der Waals surface area (Å²) < 4.78 is 27.9. The largest absolute Gasteiger partial charge is 0.385 e. The van der Waals surface area contributed by atoms with Gasteiger partial charge in [-0.1, -0.05) is 13.8 Å². The van der Waals surface area contributed by atoms with Crippen molar-refractivity contribution in [2.24, 2.45) is 0 Å². The standard InChI is InChI=1S/C15H26N2O2S/c1-6-13(7-2)17-20(18,19)15-11(4)9-14(16-8-3)10-12(15)5/h9-10,13,16-17H,6-8H2,1-5H3. The molecule has 2 N–H and O–H groups in total. The van der Waals surface area contributed by atoms with Gasteiger partial charge in [-0.05, 0) is 56.9 Å². The maximum atomic E-state index is 12.5. The predicted molar refractivity (Wildman–Crippen MR) is 84.8 cm³/mol. The Morgan fingerprint density at radius 2 is 1.55 bits per heavy atom. The van der Waals surface area contributed by atoms with Gasteiger partial charge in [-0.2, -0.15) is 0 Å². The van der Waals surface area contributed by atoms with Gasteiger partial charge in [0, 0.05) is 18.3 Å². The number of anilines is 1. The second kappa shape index (κ2) is 7.09. The van der Waals surface area contributed by atoms with Crippen molar-refractivity contribution in [3.63, 3.8) is 0 Å². The highest BCUT2D eigenvalue weighted by molar-refractivity contribution is 7.89. The molecular weight excluding hydrogens is 272 g/mol. The van der Waals surface area contributed by atoms with Crippen molar-refractivity contribution >= 4 is 15.7 Å². The Hall–Kier alpha value is -1.07. The van der Waals surface area contributed by atoms with Crippen LogP contribution in [0.1, 0.15) is 44.7 Å². The van der Waals surface area contributed by atoms with Crippen molar-refractivity contribution in [1.82, 2.24) is 4.72 Å². The van der Waals surface area contributed by atoms with Gasteiger partial charge in [-0.3, -0.25) is 0 Å². The third kappa shape index (κ3) is 3.96. The number of rotatable bonds is 7. The molecule has 0 bridgehead atoms. The second-order valence-corrected chi connectivity index (χ2v) is 6.76. The van der Waals surface area contributed by atoms with Crippen molar-refractivity contribution in [2.45, 2.75) is 58.4 Å². The Bertz CT molecular complexity index is 526. The Morgan fingerprint density at radius 1 is 1.05 bits per heavy atom. The van der Waals surface area contributed by atoms with E-state index in [0.717, 1.165) is 36.2 Å². The summed E-state index contributed by atoms with van der Waals surface area (Å²) in [4.78, 5) is 0.408. The number of aryl methyl sites for hydroxylation is 2. The average molecular weight is 298 g/mol. The highest BCUT2D eigenvalue weighted by Gasteiger charge is 2.22. The van der Waals surface area contributed by atoms with Crippen molar-refractivity contribution in [1.29, 1.82) is 0 Å². The minimum absolute atomic E-state index is 0.00718. The summed E-state index contributed by atoms with van der Waals surface area (Å²) in [5, 5.41) is 3.22. The average Bonchev–Trinajstić information content (AvgIpc) is 2.35. The van der Waals surface area contributed by atoms with E-state index in [4.69, 9.17) is 0 Å². The molecule has 0 radical (unpaired) electrons. The van der Waals surface area contributed by atoms with Crippen molar-refractivity contribution < 1.29 is 8.42 Å². The van der Waals surface area contributed by atoms with E-state index in [2.05, 4.69) is 10.0 Å². The van der Waals surface area contributed by atoms with Crippen molar-refractivity contribution in [3.8, 4) is 0 Å². The van der Waals surface area contributed by atoms with E-state index in [0.29, 0.717) is 4.90 Å². The van der Waals surface area contributed by atoms with Gasteiger partial charge in [0.15, 0.2) is 0 Å². The lowest BCUT2D eigenvalue weighted by molar-refractivity contribution is 0.529. The summed E-state index contributed by atoms with van der Waals surface area (Å²) in [7, 11) is -3.45. The van der Waals surface area contributed by atoms with Crippen LogP contribution in [0.4, 0.5) is 5.69 Å². The first-order chi connectivity index (χ1) is 9.35. The van der Waals surface area contributed by atoms with Crippen LogP contribution >= 0.6 is 0 Å². The van der Waals surface area contributed by atoms with Gasteiger partial charge < -0.3 is 5.32 Å². The molecule has 0 saturated carbocycles. The maximum absolute atomic E-state index is 12.5. The van der Waals surface area contributed by atoms with Crippen molar-refractivity contribution in [2.75, 3.05) is 11.9 Å². The van der Waals surface area contributed by atoms with Crippen LogP contribution in [0.3, 0.4) is 0 Å². The topological polar surface area (TPSA) is 58.2 Å². The van der Waals surface area contributed by atoms with Gasteiger partial charge in [0.1, 0.15) is 0 Å². The molecule has 0 fully saturated rings. The first kappa shape index (κ1) is 17.0. The van der Waals surface area contributed by atoms with Gasteiger partial charge in [0.25, 0.3) is 0 Å². The second-order valence-electron chi connectivity index (χ2n) is 5.10. The molecule has 1 rings (SSSR count). The Kier molecular flexibility index (Phi) is 6.02. The van der Waals surface area contributed by atoms with Crippen molar-refractivity contribution in [3.05, 3.63) is 23.3 Å². The van der Waals surface area contributed by atoms with E-state index in [1.807, 2.05) is 46.8 Å². The number of hydrogen-bond acceptors (Lipinski definition) is 3. The summed E-state index contributed by atoms with van der Waals surface area (Å²) >= 11 is 0. The van der Waals surface area contributed by atoms with E-state index in [1.165, 1.54) is 0 Å². The van der Waals surface area contributed by atoms with Gasteiger partial charge >= 0.3 is 0 Å². The zero-order chi connectivity index (χ0) is 15.3. The molecule has 0 saturated heterocycles. The van der Waals surface area contributed by atoms with Gasteiger partial charge in [0.05, 0.1) is 4.90 Å². The Morgan fingerprint density at radius 3 is 1.95 bits per heavy atom. The molecule has 1 aromatic carbocycles. The maximum Gasteiger partial charge on any atom is 0.241 e. The highest BCUT2D eigenvalue weighted by atomic mass is 32.2. The van der Waals surface area contributed by atoms with Crippen LogP contribution < -0.4 is 10.0 Å². The van der Waals surface area contributed by atoms with E-state index < -0.39 is 10.0 Å². The van der Waals surface area contributed by atoms with E-state index in [-0.39, 0.29) is 6.04 Å². The van der Waals surface area contributed by atoms with E-state index in [9.17, 15) is 8.42 Å². The molecule has 0 aromatic heterocycles. The Labute approximate surface area is 123 Å². The number of benzene rings is 1. The molecule has 0 spiro atoms. The predicted octanol–water partition coefficient (Wildman–Crippen LogP) is 3.20. The van der Waals surface area contributed by atoms with Gasteiger partial charge in [-0.25, -0.2) is 13.1 Å². The molecular formula is C15H26N2O2S. The third-order valence-corrected chi connectivity index (χ3v) is 5.24. The minimum Gasteiger partial charge on any atom is -0.385 e. The molecule has 0 heterocycles. The lowest BCUT2D eigenvalue weighted by Crippen LogP contribution is -2.34.